The number of fused-ring (bicyclic) bond motifs is 2. The molecule has 1 heterocycles. The van der Waals surface area contributed by atoms with Gasteiger partial charge in [-0.3, -0.25) is 14.4 Å². The summed E-state index contributed by atoms with van der Waals surface area (Å²) in [6, 6.07) is 0. The molecule has 0 saturated heterocycles. The fourth-order valence-corrected chi connectivity index (χ4v) is 4.87. The van der Waals surface area contributed by atoms with E-state index in [-0.39, 0.29) is 23.6 Å². The van der Waals surface area contributed by atoms with Gasteiger partial charge in [-0.05, 0) is 34.1 Å². The van der Waals surface area contributed by atoms with Crippen molar-refractivity contribution >= 4 is 23.5 Å². The van der Waals surface area contributed by atoms with E-state index in [9.17, 15) is 19.2 Å². The maximum atomic E-state index is 12.7. The summed E-state index contributed by atoms with van der Waals surface area (Å²) in [5.74, 6) is -3.35. The van der Waals surface area contributed by atoms with Crippen molar-refractivity contribution in [1.29, 1.82) is 0 Å². The molecular formula is C17H23NO6. The van der Waals surface area contributed by atoms with Crippen LogP contribution in [-0.4, -0.2) is 43.3 Å². The van der Waals surface area contributed by atoms with Crippen molar-refractivity contribution in [3.05, 3.63) is 11.3 Å². The van der Waals surface area contributed by atoms with Crippen LogP contribution in [0, 0.1) is 17.3 Å². The van der Waals surface area contributed by atoms with Gasteiger partial charge in [-0.2, -0.15) is 0 Å². The van der Waals surface area contributed by atoms with Gasteiger partial charge in [-0.1, -0.05) is 0 Å². The quantitative estimate of drug-likeness (QED) is 0.597. The molecule has 2 rings (SSSR count). The standard InChI is InChI=1S/C17H23NO6/c1-8-13(15(22)24-6)11-7-12(14(21)23-5)16(4,18-8)17(11,9(2)19)10(3)20/h11-12,18H,7H2,1-6H3/t11-,12+,16-/m0/s1. The van der Waals surface area contributed by atoms with Crippen molar-refractivity contribution in [3.8, 4) is 0 Å². The number of allylic oxidation sites excluding steroid dienone is 1. The van der Waals surface area contributed by atoms with Gasteiger partial charge in [0.05, 0.1) is 31.2 Å². The van der Waals surface area contributed by atoms with Crippen molar-refractivity contribution in [2.75, 3.05) is 14.2 Å². The predicted molar refractivity (Wildman–Crippen MR) is 83.7 cm³/mol. The summed E-state index contributed by atoms with van der Waals surface area (Å²) in [5, 5.41) is 3.10. The first-order valence-electron chi connectivity index (χ1n) is 7.76. The Labute approximate surface area is 140 Å². The zero-order valence-corrected chi connectivity index (χ0v) is 14.8. The van der Waals surface area contributed by atoms with Gasteiger partial charge in [-0.15, -0.1) is 0 Å². The van der Waals surface area contributed by atoms with Gasteiger partial charge in [0.2, 0.25) is 0 Å². The molecule has 1 fully saturated rings. The lowest BCUT2D eigenvalue weighted by molar-refractivity contribution is -0.152. The van der Waals surface area contributed by atoms with E-state index in [4.69, 9.17) is 9.47 Å². The van der Waals surface area contributed by atoms with Crippen LogP contribution in [0.2, 0.25) is 0 Å². The highest BCUT2D eigenvalue weighted by Gasteiger charge is 2.73. The number of carbonyl (C=O) groups excluding carboxylic acids is 4. The fourth-order valence-electron chi connectivity index (χ4n) is 4.87. The van der Waals surface area contributed by atoms with Crippen LogP contribution >= 0.6 is 0 Å². The molecule has 132 valence electrons. The first-order valence-corrected chi connectivity index (χ1v) is 7.76. The lowest BCUT2D eigenvalue weighted by Crippen LogP contribution is -2.67. The summed E-state index contributed by atoms with van der Waals surface area (Å²) in [5.41, 5.74) is -1.93. The molecule has 1 N–H and O–H groups in total. The van der Waals surface area contributed by atoms with E-state index in [0.717, 1.165) is 0 Å². The van der Waals surface area contributed by atoms with E-state index >= 15 is 0 Å². The molecule has 1 aliphatic heterocycles. The minimum Gasteiger partial charge on any atom is -0.469 e. The number of ether oxygens (including phenoxy) is 2. The molecule has 0 unspecified atom stereocenters. The van der Waals surface area contributed by atoms with Crippen LogP contribution in [0.4, 0.5) is 0 Å². The van der Waals surface area contributed by atoms with Crippen LogP contribution in [0.1, 0.15) is 34.1 Å². The van der Waals surface area contributed by atoms with Crippen molar-refractivity contribution in [2.45, 2.75) is 39.7 Å². The number of ketones is 2. The van der Waals surface area contributed by atoms with Gasteiger partial charge in [0, 0.05) is 11.6 Å². The van der Waals surface area contributed by atoms with E-state index in [1.165, 1.54) is 28.1 Å². The van der Waals surface area contributed by atoms with Crippen molar-refractivity contribution in [2.24, 2.45) is 17.3 Å². The van der Waals surface area contributed by atoms with E-state index in [1.54, 1.807) is 13.8 Å². The molecule has 0 aromatic heterocycles. The highest BCUT2D eigenvalue weighted by Crippen LogP contribution is 2.60. The maximum Gasteiger partial charge on any atom is 0.335 e. The number of hydrogen-bond donors (Lipinski definition) is 1. The molecule has 2 aliphatic rings. The average Bonchev–Trinajstić information content (AvgIpc) is 2.69. The number of hydrogen-bond acceptors (Lipinski definition) is 7. The molecular weight excluding hydrogens is 314 g/mol. The summed E-state index contributed by atoms with van der Waals surface area (Å²) in [4.78, 5) is 49.9. The Bertz CT molecular complexity index is 650. The van der Waals surface area contributed by atoms with Gasteiger partial charge in [0.25, 0.3) is 0 Å². The van der Waals surface area contributed by atoms with Gasteiger partial charge >= 0.3 is 11.9 Å². The third-order valence-corrected chi connectivity index (χ3v) is 5.71. The smallest absolute Gasteiger partial charge is 0.335 e. The van der Waals surface area contributed by atoms with Crippen molar-refractivity contribution < 1.29 is 28.7 Å². The zero-order valence-electron chi connectivity index (χ0n) is 14.8. The molecule has 0 spiro atoms. The third-order valence-electron chi connectivity index (χ3n) is 5.71. The number of esters is 2. The van der Waals surface area contributed by atoms with Crippen molar-refractivity contribution in [3.63, 3.8) is 0 Å². The Hall–Kier alpha value is -2.18. The second kappa shape index (κ2) is 5.72. The molecule has 24 heavy (non-hydrogen) atoms. The summed E-state index contributed by atoms with van der Waals surface area (Å²) >= 11 is 0. The van der Waals surface area contributed by atoms with Gasteiger partial charge in [0.1, 0.15) is 17.0 Å². The zero-order chi connectivity index (χ0) is 18.4. The Morgan fingerprint density at radius 2 is 1.62 bits per heavy atom. The van der Waals surface area contributed by atoms with Gasteiger partial charge in [-0.25, -0.2) is 4.79 Å². The molecule has 0 aromatic rings. The van der Waals surface area contributed by atoms with Crippen LogP contribution in [-0.2, 0) is 28.7 Å². The van der Waals surface area contributed by atoms with Gasteiger partial charge in [0.15, 0.2) is 0 Å². The number of Topliss-reactive ketones (excluding diaryl/α,β-unsaturated/α-hetero) is 2. The number of methoxy groups -OCH3 is 2. The largest absolute Gasteiger partial charge is 0.469 e. The molecule has 7 heteroatoms. The van der Waals surface area contributed by atoms with E-state index in [0.29, 0.717) is 5.70 Å². The molecule has 0 radical (unpaired) electrons. The fraction of sp³-hybridized carbons (Fsp3) is 0.647. The van der Waals surface area contributed by atoms with Crippen LogP contribution in [0.5, 0.6) is 0 Å². The Morgan fingerprint density at radius 3 is 2.04 bits per heavy atom. The SMILES string of the molecule is COC(=O)C1=C(C)N[C@@]2(C)[C@@H](C(=O)OC)C[C@@H]1C2(C(C)=O)C(C)=O. The predicted octanol–water partition coefficient (Wildman–Crippen LogP) is 0.769. The summed E-state index contributed by atoms with van der Waals surface area (Å²) in [6.07, 6.45) is 0.164. The summed E-state index contributed by atoms with van der Waals surface area (Å²) in [7, 11) is 2.51. The van der Waals surface area contributed by atoms with E-state index in [1.807, 2.05) is 0 Å². The maximum absolute atomic E-state index is 12.7. The van der Waals surface area contributed by atoms with E-state index < -0.39 is 34.7 Å². The monoisotopic (exact) mass is 337 g/mol. The molecule has 0 amide bonds. The number of carbonyl (C=O) groups is 4. The molecule has 1 saturated carbocycles. The summed E-state index contributed by atoms with van der Waals surface area (Å²) < 4.78 is 9.72. The topological polar surface area (TPSA) is 98.8 Å². The molecule has 1 aliphatic carbocycles. The van der Waals surface area contributed by atoms with Crippen LogP contribution in [0.25, 0.3) is 0 Å². The lowest BCUT2D eigenvalue weighted by atomic mass is 9.58. The first kappa shape index (κ1) is 18.2. The first-order chi connectivity index (χ1) is 11.1. The second-order valence-electron chi connectivity index (χ2n) is 6.64. The van der Waals surface area contributed by atoms with Crippen LogP contribution < -0.4 is 5.32 Å². The third kappa shape index (κ3) is 1.96. The highest BCUT2D eigenvalue weighted by atomic mass is 16.5. The minimum absolute atomic E-state index is 0.164. The second-order valence-corrected chi connectivity index (χ2v) is 6.64. The lowest BCUT2D eigenvalue weighted by Gasteiger charge is -2.49. The van der Waals surface area contributed by atoms with E-state index in [2.05, 4.69) is 5.32 Å². The minimum atomic E-state index is -1.52. The molecule has 7 nitrogen and oxygen atoms in total. The Morgan fingerprint density at radius 1 is 1.08 bits per heavy atom. The van der Waals surface area contributed by atoms with Gasteiger partial charge < -0.3 is 14.8 Å². The number of nitrogens with one attached hydrogen (secondary N) is 1. The Kier molecular flexibility index (Phi) is 4.33. The Balaban J connectivity index is 2.80. The number of rotatable bonds is 4. The normalized spacial score (nSPS) is 30.4. The van der Waals surface area contributed by atoms with Crippen LogP contribution in [0.3, 0.4) is 0 Å². The molecule has 2 bridgehead atoms. The average molecular weight is 337 g/mol. The van der Waals surface area contributed by atoms with Crippen LogP contribution in [0.15, 0.2) is 11.3 Å². The highest BCUT2D eigenvalue weighted by molar-refractivity contribution is 6.11. The van der Waals surface area contributed by atoms with Crippen molar-refractivity contribution in [1.82, 2.24) is 5.32 Å². The molecule has 0 aromatic carbocycles. The summed E-state index contributed by atoms with van der Waals surface area (Å²) in [6.45, 7) is 6.00. The molecule has 3 atom stereocenters.